The molecule has 3 nitrogen and oxygen atoms in total. The molecular formula is C13H22N2O. The van der Waals surface area contributed by atoms with Crippen molar-refractivity contribution in [3.63, 3.8) is 0 Å². The number of rotatable bonds is 5. The Morgan fingerprint density at radius 1 is 1.56 bits per heavy atom. The van der Waals surface area contributed by atoms with Crippen molar-refractivity contribution in [3.05, 3.63) is 0 Å². The maximum atomic E-state index is 12.3. The third-order valence-corrected chi connectivity index (χ3v) is 3.24. The van der Waals surface area contributed by atoms with Gasteiger partial charge < -0.3 is 4.90 Å². The van der Waals surface area contributed by atoms with Crippen molar-refractivity contribution >= 4 is 5.91 Å². The Morgan fingerprint density at radius 3 is 2.44 bits per heavy atom. The second-order valence-electron chi connectivity index (χ2n) is 5.38. The average Bonchev–Trinajstić information content (AvgIpc) is 3.07. The minimum atomic E-state index is -0.836. The van der Waals surface area contributed by atoms with E-state index in [0.717, 1.165) is 19.4 Å². The van der Waals surface area contributed by atoms with Gasteiger partial charge in [0.2, 0.25) is 5.91 Å². The molecule has 0 heterocycles. The van der Waals surface area contributed by atoms with Crippen LogP contribution >= 0.6 is 0 Å². The summed E-state index contributed by atoms with van der Waals surface area (Å²) in [6.07, 6.45) is 2.79. The lowest BCUT2D eigenvalue weighted by atomic mass is 9.87. The van der Waals surface area contributed by atoms with Crippen molar-refractivity contribution in [3.8, 4) is 6.07 Å². The first kappa shape index (κ1) is 13.0. The normalized spacial score (nSPS) is 19.0. The lowest BCUT2D eigenvalue weighted by Crippen LogP contribution is -2.44. The average molecular weight is 222 g/mol. The number of hydrogen-bond acceptors (Lipinski definition) is 2. The van der Waals surface area contributed by atoms with Gasteiger partial charge in [-0.1, -0.05) is 20.8 Å². The first-order chi connectivity index (χ1) is 7.44. The molecule has 0 radical (unpaired) electrons. The maximum Gasteiger partial charge on any atom is 0.243 e. The van der Waals surface area contributed by atoms with Crippen LogP contribution in [0.15, 0.2) is 0 Å². The van der Waals surface area contributed by atoms with Crippen molar-refractivity contribution in [2.75, 3.05) is 6.54 Å². The van der Waals surface area contributed by atoms with Crippen LogP contribution in [0.2, 0.25) is 0 Å². The van der Waals surface area contributed by atoms with Crippen LogP contribution in [0.3, 0.4) is 0 Å². The van der Waals surface area contributed by atoms with Crippen LogP contribution in [0.5, 0.6) is 0 Å². The van der Waals surface area contributed by atoms with Gasteiger partial charge in [0.25, 0.3) is 0 Å². The number of hydrogen-bond donors (Lipinski definition) is 0. The predicted octanol–water partition coefficient (Wildman–Crippen LogP) is 2.57. The van der Waals surface area contributed by atoms with Gasteiger partial charge in [0.1, 0.15) is 5.41 Å². The molecule has 90 valence electrons. The van der Waals surface area contributed by atoms with E-state index in [1.54, 1.807) is 6.92 Å². The van der Waals surface area contributed by atoms with E-state index < -0.39 is 5.41 Å². The van der Waals surface area contributed by atoms with Gasteiger partial charge in [-0.15, -0.1) is 0 Å². The molecule has 1 fully saturated rings. The molecule has 1 saturated carbocycles. The summed E-state index contributed by atoms with van der Waals surface area (Å²) >= 11 is 0. The summed E-state index contributed by atoms with van der Waals surface area (Å²) in [6, 6.07) is 2.57. The first-order valence-corrected chi connectivity index (χ1v) is 6.17. The largest absolute Gasteiger partial charge is 0.338 e. The highest BCUT2D eigenvalue weighted by Crippen LogP contribution is 2.33. The smallest absolute Gasteiger partial charge is 0.243 e. The van der Waals surface area contributed by atoms with Crippen LogP contribution in [0.4, 0.5) is 0 Å². The van der Waals surface area contributed by atoms with E-state index in [4.69, 9.17) is 5.26 Å². The van der Waals surface area contributed by atoms with Gasteiger partial charge in [-0.05, 0) is 32.1 Å². The van der Waals surface area contributed by atoms with E-state index in [0.29, 0.717) is 18.4 Å². The maximum absolute atomic E-state index is 12.3. The SMILES string of the molecule is CCC(C)(C#N)C(=O)N(CC(C)C)C1CC1. The lowest BCUT2D eigenvalue weighted by molar-refractivity contribution is -0.139. The second kappa shape index (κ2) is 4.86. The summed E-state index contributed by atoms with van der Waals surface area (Å²) in [5.41, 5.74) is -0.836. The highest BCUT2D eigenvalue weighted by molar-refractivity contribution is 5.85. The summed E-state index contributed by atoms with van der Waals surface area (Å²) in [6.45, 7) is 8.66. The molecule has 0 bridgehead atoms. The molecule has 0 saturated heterocycles. The van der Waals surface area contributed by atoms with Crippen LogP contribution in [-0.2, 0) is 4.79 Å². The van der Waals surface area contributed by atoms with E-state index in [1.165, 1.54) is 0 Å². The van der Waals surface area contributed by atoms with Crippen LogP contribution in [0.25, 0.3) is 0 Å². The molecule has 0 aromatic carbocycles. The van der Waals surface area contributed by atoms with E-state index >= 15 is 0 Å². The van der Waals surface area contributed by atoms with E-state index in [2.05, 4.69) is 19.9 Å². The zero-order valence-corrected chi connectivity index (χ0v) is 10.8. The Morgan fingerprint density at radius 2 is 2.12 bits per heavy atom. The van der Waals surface area contributed by atoms with Crippen molar-refractivity contribution in [1.82, 2.24) is 4.90 Å². The zero-order chi connectivity index (χ0) is 12.3. The fourth-order valence-corrected chi connectivity index (χ4v) is 1.77. The molecule has 1 rings (SSSR count). The van der Waals surface area contributed by atoms with Gasteiger partial charge in [0.05, 0.1) is 6.07 Å². The van der Waals surface area contributed by atoms with Gasteiger partial charge in [-0.25, -0.2) is 0 Å². The van der Waals surface area contributed by atoms with Crippen LogP contribution in [0.1, 0.15) is 47.0 Å². The molecule has 3 heteroatoms. The molecule has 0 N–H and O–H groups in total. The number of nitriles is 1. The molecule has 1 aliphatic carbocycles. The third kappa shape index (κ3) is 2.75. The Bertz CT molecular complexity index is 302. The predicted molar refractivity (Wildman–Crippen MR) is 63.6 cm³/mol. The van der Waals surface area contributed by atoms with Gasteiger partial charge in [-0.2, -0.15) is 5.26 Å². The van der Waals surface area contributed by atoms with E-state index in [9.17, 15) is 4.79 Å². The van der Waals surface area contributed by atoms with E-state index in [-0.39, 0.29) is 5.91 Å². The number of amides is 1. The van der Waals surface area contributed by atoms with Crippen molar-refractivity contribution in [1.29, 1.82) is 5.26 Å². The van der Waals surface area contributed by atoms with Gasteiger partial charge >= 0.3 is 0 Å². The fourth-order valence-electron chi connectivity index (χ4n) is 1.77. The van der Waals surface area contributed by atoms with Gasteiger partial charge in [0.15, 0.2) is 0 Å². The van der Waals surface area contributed by atoms with Gasteiger partial charge in [-0.3, -0.25) is 4.79 Å². The molecule has 1 amide bonds. The minimum Gasteiger partial charge on any atom is -0.338 e. The minimum absolute atomic E-state index is 0.0219. The molecule has 16 heavy (non-hydrogen) atoms. The van der Waals surface area contributed by atoms with Crippen molar-refractivity contribution in [2.45, 2.75) is 53.0 Å². The quantitative estimate of drug-likeness (QED) is 0.717. The topological polar surface area (TPSA) is 44.1 Å². The Labute approximate surface area is 98.4 Å². The Hall–Kier alpha value is -1.04. The molecule has 1 atom stereocenters. The fraction of sp³-hybridized carbons (Fsp3) is 0.846. The summed E-state index contributed by atoms with van der Waals surface area (Å²) in [5, 5.41) is 9.14. The Balaban J connectivity index is 2.78. The number of carbonyl (C=O) groups is 1. The molecular weight excluding hydrogens is 200 g/mol. The number of nitrogens with zero attached hydrogens (tertiary/aromatic N) is 2. The molecule has 0 aliphatic heterocycles. The summed E-state index contributed by atoms with van der Waals surface area (Å²) < 4.78 is 0. The highest BCUT2D eigenvalue weighted by atomic mass is 16.2. The Kier molecular flexibility index (Phi) is 3.96. The molecule has 1 unspecified atom stereocenters. The van der Waals surface area contributed by atoms with Crippen LogP contribution in [0, 0.1) is 22.7 Å². The highest BCUT2D eigenvalue weighted by Gasteiger charge is 2.41. The lowest BCUT2D eigenvalue weighted by Gasteiger charge is -2.30. The van der Waals surface area contributed by atoms with Crippen LogP contribution in [-0.4, -0.2) is 23.4 Å². The van der Waals surface area contributed by atoms with Crippen LogP contribution < -0.4 is 0 Å². The van der Waals surface area contributed by atoms with E-state index in [1.807, 2.05) is 11.8 Å². The van der Waals surface area contributed by atoms with Crippen molar-refractivity contribution in [2.24, 2.45) is 11.3 Å². The molecule has 0 aromatic rings. The second-order valence-corrected chi connectivity index (χ2v) is 5.38. The number of carbonyl (C=O) groups excluding carboxylic acids is 1. The monoisotopic (exact) mass is 222 g/mol. The summed E-state index contributed by atoms with van der Waals surface area (Å²) in [5.74, 6) is 0.484. The standard InChI is InChI=1S/C13H22N2O/c1-5-13(4,9-14)12(16)15(8-10(2)3)11-6-7-11/h10-11H,5-8H2,1-4H3. The summed E-state index contributed by atoms with van der Waals surface area (Å²) in [7, 11) is 0. The van der Waals surface area contributed by atoms with Gasteiger partial charge in [0, 0.05) is 12.6 Å². The third-order valence-electron chi connectivity index (χ3n) is 3.24. The zero-order valence-electron chi connectivity index (χ0n) is 10.8. The molecule has 1 aliphatic rings. The van der Waals surface area contributed by atoms with Crippen molar-refractivity contribution < 1.29 is 4.79 Å². The molecule has 0 aromatic heterocycles. The summed E-state index contributed by atoms with van der Waals surface area (Å²) in [4.78, 5) is 14.3. The first-order valence-electron chi connectivity index (χ1n) is 6.17. The molecule has 0 spiro atoms.